The molecule has 34 heavy (non-hydrogen) atoms. The Kier molecular flexibility index (Phi) is 8.79. The first-order valence-electron chi connectivity index (χ1n) is 12.3. The van der Waals surface area contributed by atoms with Gasteiger partial charge in [0.05, 0.1) is 6.04 Å². The van der Waals surface area contributed by atoms with Crippen molar-refractivity contribution in [3.63, 3.8) is 0 Å². The second kappa shape index (κ2) is 11.8. The minimum absolute atomic E-state index is 0.0633. The largest absolute Gasteiger partial charge is 0.366 e. The van der Waals surface area contributed by atoms with Gasteiger partial charge in [0.1, 0.15) is 12.1 Å². The number of carbonyl (C=O) groups is 2. The standard InChI is InChI=1S/C25H36N6O3/c1-5-6-7-8-9-10-13-30-14-11-12-19(16-30)24(34)31-18(4)15-26-21-20(31)23(33)29-25(27-21)28-22(32)17(2)3/h11-12,14,16-18H,5-10,13,15H2,1-4H3,(H2-,26,27,28,29,32,33)/p+1/t18-/m1/s1. The number of rotatable bonds is 10. The third-order valence-corrected chi connectivity index (χ3v) is 6.00. The summed E-state index contributed by atoms with van der Waals surface area (Å²) in [7, 11) is 0. The van der Waals surface area contributed by atoms with Gasteiger partial charge in [-0.2, -0.15) is 4.98 Å². The van der Waals surface area contributed by atoms with E-state index < -0.39 is 5.56 Å². The molecule has 0 radical (unpaired) electrons. The van der Waals surface area contributed by atoms with Crippen LogP contribution in [-0.2, 0) is 11.3 Å². The first kappa shape index (κ1) is 25.4. The number of anilines is 3. The molecule has 9 nitrogen and oxygen atoms in total. The number of nitrogens with zero attached hydrogens (tertiary/aromatic N) is 3. The molecule has 2 aromatic rings. The number of H-pyrrole nitrogens is 1. The fraction of sp³-hybridized carbons (Fsp3) is 0.560. The quantitative estimate of drug-likeness (QED) is 0.364. The van der Waals surface area contributed by atoms with Crippen LogP contribution in [0.3, 0.4) is 0 Å². The lowest BCUT2D eigenvalue weighted by Gasteiger charge is -2.34. The summed E-state index contributed by atoms with van der Waals surface area (Å²) in [4.78, 5) is 46.9. The summed E-state index contributed by atoms with van der Waals surface area (Å²) in [6.45, 7) is 8.90. The van der Waals surface area contributed by atoms with Gasteiger partial charge in [0, 0.05) is 24.9 Å². The average molecular weight is 470 g/mol. The normalized spacial score (nSPS) is 15.1. The van der Waals surface area contributed by atoms with Crippen LogP contribution >= 0.6 is 0 Å². The lowest BCUT2D eigenvalue weighted by Crippen LogP contribution is -2.49. The topological polar surface area (TPSA) is 111 Å². The van der Waals surface area contributed by atoms with Gasteiger partial charge in [-0.1, -0.05) is 46.5 Å². The highest BCUT2D eigenvalue weighted by Crippen LogP contribution is 2.28. The van der Waals surface area contributed by atoms with Crippen molar-refractivity contribution in [1.82, 2.24) is 9.97 Å². The van der Waals surface area contributed by atoms with Gasteiger partial charge in [0.2, 0.25) is 11.9 Å². The first-order valence-corrected chi connectivity index (χ1v) is 12.3. The van der Waals surface area contributed by atoms with E-state index in [1.165, 1.54) is 37.0 Å². The number of nitrogens with one attached hydrogen (secondary N) is 3. The van der Waals surface area contributed by atoms with E-state index in [4.69, 9.17) is 0 Å². The molecule has 3 N–H and O–H groups in total. The average Bonchev–Trinajstić information content (AvgIpc) is 2.81. The molecule has 0 fully saturated rings. The van der Waals surface area contributed by atoms with Gasteiger partial charge >= 0.3 is 0 Å². The SMILES string of the molecule is CCCCCCCC[n+]1cccc(C(=O)N2c3c(nc(NC(=O)C(C)C)[nH]c3=O)NC[C@H]2C)c1. The van der Waals surface area contributed by atoms with E-state index in [1.807, 2.05) is 30.0 Å². The molecule has 0 aliphatic carbocycles. The zero-order valence-electron chi connectivity index (χ0n) is 20.7. The Morgan fingerprint density at radius 2 is 1.97 bits per heavy atom. The minimum Gasteiger partial charge on any atom is -0.366 e. The van der Waals surface area contributed by atoms with Crippen LogP contribution in [0.25, 0.3) is 0 Å². The van der Waals surface area contributed by atoms with E-state index in [2.05, 4.69) is 27.5 Å². The summed E-state index contributed by atoms with van der Waals surface area (Å²) in [5.41, 5.74) is 0.203. The van der Waals surface area contributed by atoms with Crippen molar-refractivity contribution in [3.8, 4) is 0 Å². The summed E-state index contributed by atoms with van der Waals surface area (Å²) < 4.78 is 2.04. The molecule has 1 atom stereocenters. The molecule has 9 heteroatoms. The monoisotopic (exact) mass is 469 g/mol. The second-order valence-electron chi connectivity index (χ2n) is 9.26. The fourth-order valence-corrected chi connectivity index (χ4v) is 3.99. The molecule has 1 aliphatic rings. The minimum atomic E-state index is -0.479. The molecule has 184 valence electrons. The van der Waals surface area contributed by atoms with Crippen molar-refractivity contribution in [2.75, 3.05) is 22.1 Å². The van der Waals surface area contributed by atoms with Gasteiger partial charge in [0.15, 0.2) is 23.9 Å². The van der Waals surface area contributed by atoms with Crippen LogP contribution in [0.1, 0.15) is 76.6 Å². The number of unbranched alkanes of at least 4 members (excludes halogenated alkanes) is 5. The number of amides is 2. The zero-order chi connectivity index (χ0) is 24.7. The summed E-state index contributed by atoms with van der Waals surface area (Å²) in [6, 6.07) is 3.39. The molecule has 2 aromatic heterocycles. The van der Waals surface area contributed by atoms with E-state index in [0.29, 0.717) is 12.1 Å². The molecule has 0 spiro atoms. The van der Waals surface area contributed by atoms with E-state index in [-0.39, 0.29) is 41.2 Å². The number of fused-ring (bicyclic) bond motifs is 1. The Labute approximate surface area is 201 Å². The summed E-state index contributed by atoms with van der Waals surface area (Å²) in [5, 5.41) is 5.72. The third kappa shape index (κ3) is 6.21. The van der Waals surface area contributed by atoms with Gasteiger partial charge < -0.3 is 5.32 Å². The first-order chi connectivity index (χ1) is 16.3. The van der Waals surface area contributed by atoms with Gasteiger partial charge in [-0.25, -0.2) is 4.57 Å². The molecule has 3 heterocycles. The zero-order valence-corrected chi connectivity index (χ0v) is 20.7. The molecule has 0 saturated carbocycles. The van der Waals surface area contributed by atoms with Crippen LogP contribution < -0.4 is 25.7 Å². The number of hydrogen-bond donors (Lipinski definition) is 3. The van der Waals surface area contributed by atoms with Gasteiger partial charge in [0.25, 0.3) is 11.5 Å². The van der Waals surface area contributed by atoms with Crippen LogP contribution in [0.15, 0.2) is 29.3 Å². The van der Waals surface area contributed by atoms with E-state index >= 15 is 0 Å². The number of pyridine rings is 1. The van der Waals surface area contributed by atoms with Crippen molar-refractivity contribution >= 4 is 29.3 Å². The van der Waals surface area contributed by atoms with Crippen molar-refractivity contribution < 1.29 is 14.2 Å². The number of aromatic nitrogens is 3. The highest BCUT2D eigenvalue weighted by molar-refractivity contribution is 6.08. The Morgan fingerprint density at radius 3 is 2.71 bits per heavy atom. The number of hydrogen-bond acceptors (Lipinski definition) is 5. The van der Waals surface area contributed by atoms with Crippen molar-refractivity contribution in [2.24, 2.45) is 5.92 Å². The maximum Gasteiger partial charge on any atom is 0.278 e. The molecule has 0 saturated heterocycles. The Balaban J connectivity index is 1.78. The molecule has 0 unspecified atom stereocenters. The molecular formula is C25H37N6O3+. The molecule has 0 bridgehead atoms. The highest BCUT2D eigenvalue weighted by atomic mass is 16.2. The van der Waals surface area contributed by atoms with Crippen LogP contribution in [0, 0.1) is 5.92 Å². The maximum atomic E-state index is 13.5. The number of aryl methyl sites for hydroxylation is 1. The second-order valence-corrected chi connectivity index (χ2v) is 9.26. The third-order valence-electron chi connectivity index (χ3n) is 6.00. The number of aromatic amines is 1. The van der Waals surface area contributed by atoms with Gasteiger partial charge in [-0.15, -0.1) is 0 Å². The van der Waals surface area contributed by atoms with Gasteiger partial charge in [-0.3, -0.25) is 29.6 Å². The van der Waals surface area contributed by atoms with Crippen LogP contribution in [0.5, 0.6) is 0 Å². The van der Waals surface area contributed by atoms with E-state index in [0.717, 1.165) is 13.0 Å². The predicted octanol–water partition coefficient (Wildman–Crippen LogP) is 3.47. The molecule has 3 rings (SSSR count). The smallest absolute Gasteiger partial charge is 0.278 e. The Hall–Kier alpha value is -3.23. The summed E-state index contributed by atoms with van der Waals surface area (Å²) >= 11 is 0. The lowest BCUT2D eigenvalue weighted by molar-refractivity contribution is -0.697. The fourth-order valence-electron chi connectivity index (χ4n) is 3.99. The maximum absolute atomic E-state index is 13.5. The molecular weight excluding hydrogens is 432 g/mol. The van der Waals surface area contributed by atoms with E-state index in [1.54, 1.807) is 19.9 Å². The Bertz CT molecular complexity index is 1060. The molecule has 0 aromatic carbocycles. The van der Waals surface area contributed by atoms with Crippen molar-refractivity contribution in [2.45, 2.75) is 78.8 Å². The van der Waals surface area contributed by atoms with Crippen LogP contribution in [0.2, 0.25) is 0 Å². The molecule has 1 aliphatic heterocycles. The summed E-state index contributed by atoms with van der Waals surface area (Å²) in [5.74, 6) is -0.412. The van der Waals surface area contributed by atoms with Crippen molar-refractivity contribution in [1.29, 1.82) is 0 Å². The predicted molar refractivity (Wildman–Crippen MR) is 133 cm³/mol. The van der Waals surface area contributed by atoms with Crippen molar-refractivity contribution in [3.05, 3.63) is 40.4 Å². The summed E-state index contributed by atoms with van der Waals surface area (Å²) in [6.07, 6.45) is 11.1. The lowest BCUT2D eigenvalue weighted by atomic mass is 10.1. The molecule has 2 amide bonds. The van der Waals surface area contributed by atoms with E-state index in [9.17, 15) is 14.4 Å². The highest BCUT2D eigenvalue weighted by Gasteiger charge is 2.33. The number of carbonyl (C=O) groups excluding carboxylic acids is 2. The Morgan fingerprint density at radius 1 is 1.24 bits per heavy atom. The van der Waals surface area contributed by atoms with Gasteiger partial charge in [-0.05, 0) is 19.4 Å². The van der Waals surface area contributed by atoms with Crippen LogP contribution in [0.4, 0.5) is 17.5 Å². The van der Waals surface area contributed by atoms with Crippen LogP contribution in [-0.4, -0.2) is 34.4 Å².